The zero-order valence-electron chi connectivity index (χ0n) is 11.2. The standard InChI is InChI=1S/C15H22BrNO2/c16-14-4-1-5-15(11-14)19-10-9-18-8-6-13-3-2-7-17-12-13/h1,4-5,11,13,17H,2-3,6-10,12H2. The fourth-order valence-corrected chi connectivity index (χ4v) is 2.68. The Kier molecular flexibility index (Phi) is 6.68. The third-order valence-electron chi connectivity index (χ3n) is 3.36. The van der Waals surface area contributed by atoms with Crippen LogP contribution in [0, 0.1) is 5.92 Å². The summed E-state index contributed by atoms with van der Waals surface area (Å²) in [6.45, 7) is 4.44. The van der Waals surface area contributed by atoms with Crippen LogP contribution in [0.1, 0.15) is 19.3 Å². The Balaban J connectivity index is 1.50. The van der Waals surface area contributed by atoms with Crippen LogP contribution >= 0.6 is 15.9 Å². The lowest BCUT2D eigenvalue weighted by Crippen LogP contribution is -2.30. The lowest BCUT2D eigenvalue weighted by atomic mass is 9.97. The number of rotatable bonds is 7. The van der Waals surface area contributed by atoms with Gasteiger partial charge in [-0.1, -0.05) is 22.0 Å². The minimum Gasteiger partial charge on any atom is -0.491 e. The van der Waals surface area contributed by atoms with Gasteiger partial charge in [-0.25, -0.2) is 0 Å². The molecule has 19 heavy (non-hydrogen) atoms. The third kappa shape index (κ3) is 5.93. The molecule has 0 amide bonds. The van der Waals surface area contributed by atoms with Crippen LogP contribution in [0.2, 0.25) is 0 Å². The van der Waals surface area contributed by atoms with E-state index in [-0.39, 0.29) is 0 Å². The van der Waals surface area contributed by atoms with Gasteiger partial charge in [-0.05, 0) is 56.5 Å². The van der Waals surface area contributed by atoms with Gasteiger partial charge >= 0.3 is 0 Å². The molecule has 0 aromatic heterocycles. The molecule has 106 valence electrons. The zero-order chi connectivity index (χ0) is 13.3. The highest BCUT2D eigenvalue weighted by Crippen LogP contribution is 2.17. The number of ether oxygens (including phenoxy) is 2. The smallest absolute Gasteiger partial charge is 0.120 e. The Morgan fingerprint density at radius 2 is 2.21 bits per heavy atom. The lowest BCUT2D eigenvalue weighted by molar-refractivity contribution is 0.0874. The predicted molar refractivity (Wildman–Crippen MR) is 80.7 cm³/mol. The van der Waals surface area contributed by atoms with Crippen molar-refractivity contribution in [3.8, 4) is 5.75 Å². The second kappa shape index (κ2) is 8.56. The van der Waals surface area contributed by atoms with Crippen molar-refractivity contribution in [2.24, 2.45) is 5.92 Å². The van der Waals surface area contributed by atoms with E-state index < -0.39 is 0 Å². The molecule has 3 nitrogen and oxygen atoms in total. The minimum absolute atomic E-state index is 0.610. The van der Waals surface area contributed by atoms with Crippen LogP contribution < -0.4 is 10.1 Å². The third-order valence-corrected chi connectivity index (χ3v) is 3.86. The second-order valence-electron chi connectivity index (χ2n) is 4.92. The first-order valence-corrected chi connectivity index (χ1v) is 7.81. The van der Waals surface area contributed by atoms with Gasteiger partial charge in [0.1, 0.15) is 12.4 Å². The first kappa shape index (κ1) is 14.8. The maximum atomic E-state index is 5.62. The van der Waals surface area contributed by atoms with E-state index in [1.807, 2.05) is 24.3 Å². The van der Waals surface area contributed by atoms with Gasteiger partial charge in [0.2, 0.25) is 0 Å². The molecule has 1 fully saturated rings. The molecule has 0 spiro atoms. The number of hydrogen-bond donors (Lipinski definition) is 1. The molecule has 1 N–H and O–H groups in total. The van der Waals surface area contributed by atoms with Crippen LogP contribution in [0.3, 0.4) is 0 Å². The Hall–Kier alpha value is -0.580. The summed E-state index contributed by atoms with van der Waals surface area (Å²) < 4.78 is 12.3. The van der Waals surface area contributed by atoms with E-state index in [1.54, 1.807) is 0 Å². The lowest BCUT2D eigenvalue weighted by Gasteiger charge is -2.22. The number of halogens is 1. The van der Waals surface area contributed by atoms with Crippen molar-refractivity contribution in [3.05, 3.63) is 28.7 Å². The van der Waals surface area contributed by atoms with Crippen LogP contribution in [-0.2, 0) is 4.74 Å². The number of benzene rings is 1. The summed E-state index contributed by atoms with van der Waals surface area (Å²) in [4.78, 5) is 0. The Morgan fingerprint density at radius 3 is 3.00 bits per heavy atom. The summed E-state index contributed by atoms with van der Waals surface area (Å²) in [5.41, 5.74) is 0. The quantitative estimate of drug-likeness (QED) is 0.780. The Labute approximate surface area is 123 Å². The largest absolute Gasteiger partial charge is 0.491 e. The topological polar surface area (TPSA) is 30.5 Å². The number of nitrogens with one attached hydrogen (secondary N) is 1. The van der Waals surface area contributed by atoms with E-state index in [0.717, 1.165) is 35.7 Å². The van der Waals surface area contributed by atoms with Gasteiger partial charge in [0.05, 0.1) is 6.61 Å². The van der Waals surface area contributed by atoms with Crippen LogP contribution in [0.4, 0.5) is 0 Å². The van der Waals surface area contributed by atoms with E-state index in [4.69, 9.17) is 9.47 Å². The monoisotopic (exact) mass is 327 g/mol. The summed E-state index contributed by atoms with van der Waals surface area (Å²) in [7, 11) is 0. The summed E-state index contributed by atoms with van der Waals surface area (Å²) >= 11 is 3.42. The van der Waals surface area contributed by atoms with Crippen molar-refractivity contribution in [1.29, 1.82) is 0 Å². The molecule has 1 heterocycles. The Morgan fingerprint density at radius 1 is 1.26 bits per heavy atom. The van der Waals surface area contributed by atoms with Crippen LogP contribution in [-0.4, -0.2) is 32.9 Å². The molecular weight excluding hydrogens is 306 g/mol. The van der Waals surface area contributed by atoms with E-state index in [0.29, 0.717) is 13.2 Å². The maximum absolute atomic E-state index is 5.62. The van der Waals surface area contributed by atoms with Crippen molar-refractivity contribution in [1.82, 2.24) is 5.32 Å². The van der Waals surface area contributed by atoms with Crippen LogP contribution in [0.5, 0.6) is 5.75 Å². The SMILES string of the molecule is Brc1cccc(OCCOCCC2CCCNC2)c1. The molecule has 1 saturated heterocycles. The molecule has 1 atom stereocenters. The molecule has 1 aliphatic rings. The summed E-state index contributed by atoms with van der Waals surface area (Å²) in [5, 5.41) is 3.43. The molecular formula is C15H22BrNO2. The number of hydrogen-bond acceptors (Lipinski definition) is 3. The average molecular weight is 328 g/mol. The summed E-state index contributed by atoms with van der Waals surface area (Å²) in [6, 6.07) is 7.88. The average Bonchev–Trinajstić information content (AvgIpc) is 2.44. The second-order valence-corrected chi connectivity index (χ2v) is 5.83. The van der Waals surface area contributed by atoms with Gasteiger partial charge in [0.15, 0.2) is 0 Å². The first-order valence-electron chi connectivity index (χ1n) is 7.01. The van der Waals surface area contributed by atoms with Crippen LogP contribution in [0.25, 0.3) is 0 Å². The van der Waals surface area contributed by atoms with Gasteiger partial charge in [0.25, 0.3) is 0 Å². The van der Waals surface area contributed by atoms with E-state index in [2.05, 4.69) is 21.2 Å². The molecule has 0 bridgehead atoms. The normalized spacial score (nSPS) is 19.3. The minimum atomic E-state index is 0.610. The molecule has 1 aliphatic heterocycles. The number of piperidine rings is 1. The molecule has 2 rings (SSSR count). The zero-order valence-corrected chi connectivity index (χ0v) is 12.8. The molecule has 0 aliphatic carbocycles. The van der Waals surface area contributed by atoms with Crippen molar-refractivity contribution < 1.29 is 9.47 Å². The predicted octanol–water partition coefficient (Wildman–Crippen LogP) is 3.23. The van der Waals surface area contributed by atoms with Crippen molar-refractivity contribution in [3.63, 3.8) is 0 Å². The van der Waals surface area contributed by atoms with Gasteiger partial charge in [-0.15, -0.1) is 0 Å². The van der Waals surface area contributed by atoms with Gasteiger partial charge in [-0.2, -0.15) is 0 Å². The maximum Gasteiger partial charge on any atom is 0.120 e. The molecule has 4 heteroatoms. The van der Waals surface area contributed by atoms with E-state index in [9.17, 15) is 0 Å². The summed E-state index contributed by atoms with van der Waals surface area (Å²) in [5.74, 6) is 1.68. The van der Waals surface area contributed by atoms with E-state index in [1.165, 1.54) is 19.4 Å². The van der Waals surface area contributed by atoms with Gasteiger partial charge in [-0.3, -0.25) is 0 Å². The van der Waals surface area contributed by atoms with Crippen molar-refractivity contribution in [2.75, 3.05) is 32.9 Å². The highest BCUT2D eigenvalue weighted by Gasteiger charge is 2.11. The highest BCUT2D eigenvalue weighted by molar-refractivity contribution is 9.10. The van der Waals surface area contributed by atoms with E-state index >= 15 is 0 Å². The summed E-state index contributed by atoms with van der Waals surface area (Å²) in [6.07, 6.45) is 3.80. The van der Waals surface area contributed by atoms with Crippen LogP contribution in [0.15, 0.2) is 28.7 Å². The molecule has 1 aromatic carbocycles. The highest BCUT2D eigenvalue weighted by atomic mass is 79.9. The fraction of sp³-hybridized carbons (Fsp3) is 0.600. The molecule has 0 saturated carbocycles. The van der Waals surface area contributed by atoms with Crippen molar-refractivity contribution >= 4 is 15.9 Å². The Bertz CT molecular complexity index is 367. The van der Waals surface area contributed by atoms with Gasteiger partial charge < -0.3 is 14.8 Å². The van der Waals surface area contributed by atoms with Gasteiger partial charge in [0, 0.05) is 11.1 Å². The molecule has 1 unspecified atom stereocenters. The van der Waals surface area contributed by atoms with Crippen molar-refractivity contribution in [2.45, 2.75) is 19.3 Å². The molecule has 0 radical (unpaired) electrons. The fourth-order valence-electron chi connectivity index (χ4n) is 2.30. The first-order chi connectivity index (χ1) is 9.34. The molecule has 1 aromatic rings.